The van der Waals surface area contributed by atoms with Gasteiger partial charge in [0.05, 0.1) is 0 Å². The molecule has 0 aromatic rings. The van der Waals surface area contributed by atoms with Gasteiger partial charge < -0.3 is 0 Å². The van der Waals surface area contributed by atoms with Crippen molar-refractivity contribution in [1.82, 2.24) is 15.7 Å². The lowest BCUT2D eigenvalue weighted by atomic mass is 10.6. The molecule has 60 valence electrons. The maximum Gasteiger partial charge on any atom is 0.263 e. The molecular weight excluding hydrogens is 134 g/mol. The third-order valence-electron chi connectivity index (χ3n) is 1.46. The van der Waals surface area contributed by atoms with Gasteiger partial charge in [-0.05, 0) is 7.05 Å². The summed E-state index contributed by atoms with van der Waals surface area (Å²) in [5.41, 5.74) is 0. The number of nitrogens with one attached hydrogen (secondary N) is 1. The second kappa shape index (κ2) is 2.44. The lowest BCUT2D eigenvalue weighted by molar-refractivity contribution is -0.245. The highest BCUT2D eigenvalue weighted by atomic mass is 17.0. The Morgan fingerprint density at radius 3 is 1.80 bits per heavy atom. The van der Waals surface area contributed by atoms with Gasteiger partial charge in [0.15, 0.2) is 0 Å². The molecule has 1 aliphatic rings. The van der Waals surface area contributed by atoms with Crippen molar-refractivity contribution in [2.75, 3.05) is 21.1 Å². The summed E-state index contributed by atoms with van der Waals surface area (Å²) >= 11 is 0. The van der Waals surface area contributed by atoms with Crippen LogP contribution >= 0.6 is 0 Å². The maximum atomic E-state index is 5.24. The number of nitrogens with zero attached hydrogens (tertiary/aromatic N) is 2. The summed E-state index contributed by atoms with van der Waals surface area (Å²) in [6, 6.07) is 0. The number of hydrazine groups is 1. The molecule has 0 atom stereocenters. The van der Waals surface area contributed by atoms with Gasteiger partial charge in [-0.3, -0.25) is 5.32 Å². The van der Waals surface area contributed by atoms with Gasteiger partial charge in [-0.25, -0.2) is 9.68 Å². The van der Waals surface area contributed by atoms with E-state index in [0.29, 0.717) is 0 Å². The first kappa shape index (κ1) is 7.90. The average Bonchev–Trinajstić information content (AvgIpc) is 2.10. The summed E-state index contributed by atoms with van der Waals surface area (Å²) in [5, 5.41) is 5.89. The number of hydrogen-bond donors (Lipinski definition) is 1. The molecule has 10 heavy (non-hydrogen) atoms. The van der Waals surface area contributed by atoms with Crippen molar-refractivity contribution >= 4 is 0 Å². The lowest BCUT2D eigenvalue weighted by Crippen LogP contribution is -2.41. The van der Waals surface area contributed by atoms with Crippen molar-refractivity contribution in [3.8, 4) is 0 Å². The van der Waals surface area contributed by atoms with Gasteiger partial charge in [-0.15, -0.1) is 0 Å². The minimum Gasteiger partial charge on any atom is -0.267 e. The van der Waals surface area contributed by atoms with Crippen molar-refractivity contribution in [2.45, 2.75) is 12.8 Å². The van der Waals surface area contributed by atoms with Gasteiger partial charge in [0.2, 0.25) is 0 Å². The Morgan fingerprint density at radius 1 is 1.20 bits per heavy atom. The summed E-state index contributed by atoms with van der Waals surface area (Å²) in [4.78, 5) is 10.5. The molecule has 1 aliphatic heterocycles. The van der Waals surface area contributed by atoms with E-state index in [4.69, 9.17) is 9.68 Å². The first-order chi connectivity index (χ1) is 4.57. The van der Waals surface area contributed by atoms with Crippen molar-refractivity contribution in [3.05, 3.63) is 0 Å². The molecule has 1 rings (SSSR count). The normalized spacial score (nSPS) is 27.6. The quantitative estimate of drug-likeness (QED) is 0.543. The monoisotopic (exact) mass is 147 g/mol. The molecule has 0 radical (unpaired) electrons. The lowest BCUT2D eigenvalue weighted by Gasteiger charge is -2.17. The van der Waals surface area contributed by atoms with Crippen LogP contribution in [0.5, 0.6) is 0 Å². The molecule has 0 aromatic heterocycles. The first-order valence-electron chi connectivity index (χ1n) is 3.12. The van der Waals surface area contributed by atoms with E-state index in [-0.39, 0.29) is 0 Å². The summed E-state index contributed by atoms with van der Waals surface area (Å²) in [5.74, 6) is -0.719. The minimum absolute atomic E-state index is 0.719. The fraction of sp³-hybridized carbons (Fsp3) is 1.00. The molecule has 5 heteroatoms. The van der Waals surface area contributed by atoms with Crippen LogP contribution in [0, 0.1) is 0 Å². The third-order valence-corrected chi connectivity index (χ3v) is 1.46. The molecule has 0 aliphatic carbocycles. The summed E-state index contributed by atoms with van der Waals surface area (Å²) in [6.45, 7) is 1.80. The predicted molar refractivity (Wildman–Crippen MR) is 35.2 cm³/mol. The number of hydroxylamine groups is 2. The van der Waals surface area contributed by atoms with Crippen LogP contribution in [0.4, 0.5) is 0 Å². The van der Waals surface area contributed by atoms with Gasteiger partial charge in [0.1, 0.15) is 0 Å². The van der Waals surface area contributed by atoms with Crippen LogP contribution in [-0.2, 0) is 9.68 Å². The fourth-order valence-corrected chi connectivity index (χ4v) is 0.727. The average molecular weight is 147 g/mol. The highest BCUT2D eigenvalue weighted by molar-refractivity contribution is 4.55. The van der Waals surface area contributed by atoms with Crippen molar-refractivity contribution in [1.29, 1.82) is 0 Å². The van der Waals surface area contributed by atoms with Crippen LogP contribution in [-0.4, -0.2) is 37.4 Å². The molecule has 0 bridgehead atoms. The first-order valence-corrected chi connectivity index (χ1v) is 3.12. The Balaban J connectivity index is 2.55. The maximum absolute atomic E-state index is 5.24. The molecule has 0 aromatic carbocycles. The van der Waals surface area contributed by atoms with Crippen LogP contribution < -0.4 is 5.32 Å². The second-order valence-electron chi connectivity index (χ2n) is 2.31. The van der Waals surface area contributed by atoms with E-state index in [1.165, 1.54) is 10.3 Å². The molecule has 0 spiro atoms. The minimum atomic E-state index is -0.719. The van der Waals surface area contributed by atoms with E-state index in [1.54, 1.807) is 28.1 Å². The number of hydrogen-bond acceptors (Lipinski definition) is 5. The SMILES string of the molecule is CNC1(C)ON(C)N(C)O1. The van der Waals surface area contributed by atoms with Gasteiger partial charge in [0.25, 0.3) is 5.91 Å². The van der Waals surface area contributed by atoms with E-state index < -0.39 is 5.91 Å². The highest BCUT2D eigenvalue weighted by Gasteiger charge is 2.37. The van der Waals surface area contributed by atoms with E-state index in [2.05, 4.69) is 5.32 Å². The van der Waals surface area contributed by atoms with Crippen LogP contribution in [0.3, 0.4) is 0 Å². The van der Waals surface area contributed by atoms with Crippen LogP contribution in [0.2, 0.25) is 0 Å². The van der Waals surface area contributed by atoms with Gasteiger partial charge in [-0.1, -0.05) is 10.3 Å². The molecule has 1 fully saturated rings. The molecular formula is C5H13N3O2. The van der Waals surface area contributed by atoms with Gasteiger partial charge >= 0.3 is 0 Å². The second-order valence-corrected chi connectivity index (χ2v) is 2.31. The Labute approximate surface area is 60.4 Å². The Bertz CT molecular complexity index is 120. The smallest absolute Gasteiger partial charge is 0.263 e. The highest BCUT2D eigenvalue weighted by Crippen LogP contribution is 2.19. The van der Waals surface area contributed by atoms with Crippen molar-refractivity contribution < 1.29 is 9.68 Å². The Kier molecular flexibility index (Phi) is 1.93. The molecule has 5 nitrogen and oxygen atoms in total. The topological polar surface area (TPSA) is 37.0 Å². The summed E-state index contributed by atoms with van der Waals surface area (Å²) in [7, 11) is 5.30. The van der Waals surface area contributed by atoms with Crippen LogP contribution in [0.1, 0.15) is 6.92 Å². The Hall–Kier alpha value is -0.200. The zero-order valence-electron chi connectivity index (χ0n) is 6.71. The zero-order chi connectivity index (χ0) is 7.78. The van der Waals surface area contributed by atoms with E-state index in [1.807, 2.05) is 0 Å². The van der Waals surface area contributed by atoms with Crippen molar-refractivity contribution in [3.63, 3.8) is 0 Å². The third kappa shape index (κ3) is 1.28. The van der Waals surface area contributed by atoms with Gasteiger partial charge in [0, 0.05) is 21.0 Å². The molecule has 1 heterocycles. The summed E-state index contributed by atoms with van der Waals surface area (Å²) < 4.78 is 0. The molecule has 0 amide bonds. The van der Waals surface area contributed by atoms with Crippen molar-refractivity contribution in [2.24, 2.45) is 0 Å². The standard InChI is InChI=1S/C5H13N3O2/c1-5(6-2)9-7(3)8(4)10-5/h6H,1-4H3. The van der Waals surface area contributed by atoms with Crippen LogP contribution in [0.15, 0.2) is 0 Å². The fourth-order valence-electron chi connectivity index (χ4n) is 0.727. The summed E-state index contributed by atoms with van der Waals surface area (Å²) in [6.07, 6.45) is 0. The van der Waals surface area contributed by atoms with Crippen LogP contribution in [0.25, 0.3) is 0 Å². The van der Waals surface area contributed by atoms with Gasteiger partial charge in [-0.2, -0.15) is 0 Å². The predicted octanol–water partition coefficient (Wildman–Crippen LogP) is -0.465. The molecule has 1 N–H and O–H groups in total. The van der Waals surface area contributed by atoms with E-state index >= 15 is 0 Å². The van der Waals surface area contributed by atoms with E-state index in [0.717, 1.165) is 0 Å². The molecule has 0 unspecified atom stereocenters. The Morgan fingerprint density at radius 2 is 1.60 bits per heavy atom. The number of rotatable bonds is 1. The molecule has 0 saturated carbocycles. The zero-order valence-corrected chi connectivity index (χ0v) is 6.71. The largest absolute Gasteiger partial charge is 0.267 e. The van der Waals surface area contributed by atoms with E-state index in [9.17, 15) is 0 Å². The molecule has 1 saturated heterocycles.